The van der Waals surface area contributed by atoms with Crippen molar-refractivity contribution in [3.8, 4) is 5.75 Å². The second-order valence-electron chi connectivity index (χ2n) is 5.54. The molecule has 0 aliphatic heterocycles. The maximum Gasteiger partial charge on any atom is 0.262 e. The highest BCUT2D eigenvalue weighted by Crippen LogP contribution is 2.33. The minimum absolute atomic E-state index is 0.0599. The Bertz CT molecular complexity index is 904. The van der Waals surface area contributed by atoms with Gasteiger partial charge in [0.25, 0.3) is 5.91 Å². The van der Waals surface area contributed by atoms with Crippen molar-refractivity contribution in [1.29, 1.82) is 0 Å². The summed E-state index contributed by atoms with van der Waals surface area (Å²) in [5, 5.41) is 4.07. The third-order valence-electron chi connectivity index (χ3n) is 3.75. The number of carbonyl (C=O) groups is 1. The summed E-state index contributed by atoms with van der Waals surface area (Å²) >= 11 is 3.69. The van der Waals surface area contributed by atoms with Crippen LogP contribution in [0.5, 0.6) is 5.75 Å². The molecule has 0 aliphatic rings. The summed E-state index contributed by atoms with van der Waals surface area (Å²) in [4.78, 5) is 18.8. The minimum atomic E-state index is -0.0599. The van der Waals surface area contributed by atoms with Crippen molar-refractivity contribution in [2.24, 2.45) is 0 Å². The van der Waals surface area contributed by atoms with Crippen LogP contribution in [0.4, 0.5) is 0 Å². The normalized spacial score (nSPS) is 10.8. The highest BCUT2D eigenvalue weighted by molar-refractivity contribution is 14.1. The summed E-state index contributed by atoms with van der Waals surface area (Å²) in [5.74, 6) is 0.747. The number of aryl methyl sites for hydroxylation is 2. The number of rotatable bonds is 4. The summed E-state index contributed by atoms with van der Waals surface area (Å²) in [6.07, 6.45) is 0. The van der Waals surface area contributed by atoms with Gasteiger partial charge in [0, 0.05) is 21.2 Å². The first-order valence-corrected chi connectivity index (χ1v) is 9.36. The van der Waals surface area contributed by atoms with Gasteiger partial charge in [-0.1, -0.05) is 12.1 Å². The van der Waals surface area contributed by atoms with E-state index in [4.69, 9.17) is 4.74 Å². The quantitative estimate of drug-likeness (QED) is 0.595. The molecule has 2 heterocycles. The van der Waals surface area contributed by atoms with Gasteiger partial charge in [-0.05, 0) is 65.8 Å². The lowest BCUT2D eigenvalue weighted by Crippen LogP contribution is -2.22. The Morgan fingerprint density at radius 3 is 2.67 bits per heavy atom. The molecule has 1 amide bonds. The highest BCUT2D eigenvalue weighted by atomic mass is 127. The van der Waals surface area contributed by atoms with Gasteiger partial charge in [-0.2, -0.15) is 0 Å². The first kappa shape index (κ1) is 17.2. The molecule has 1 aromatic carbocycles. The van der Waals surface area contributed by atoms with Crippen LogP contribution >= 0.6 is 33.9 Å². The number of fused-ring (bicyclic) bond motifs is 1. The van der Waals surface area contributed by atoms with Gasteiger partial charge < -0.3 is 10.1 Å². The molecule has 1 N–H and O–H groups in total. The van der Waals surface area contributed by atoms with E-state index in [0.717, 1.165) is 41.2 Å². The molecule has 0 radical (unpaired) electrons. The molecule has 3 aromatic rings. The summed E-state index contributed by atoms with van der Waals surface area (Å²) < 4.78 is 6.12. The van der Waals surface area contributed by atoms with Crippen LogP contribution in [-0.2, 0) is 6.54 Å². The molecule has 0 unspecified atom stereocenters. The fourth-order valence-electron chi connectivity index (χ4n) is 2.55. The third kappa shape index (κ3) is 3.39. The van der Waals surface area contributed by atoms with Crippen LogP contribution < -0.4 is 10.1 Å². The first-order valence-electron chi connectivity index (χ1n) is 7.47. The van der Waals surface area contributed by atoms with Crippen molar-refractivity contribution < 1.29 is 9.53 Å². The molecule has 4 nitrogen and oxygen atoms in total. The zero-order chi connectivity index (χ0) is 17.3. The number of hydrogen-bond acceptors (Lipinski definition) is 4. The number of halogens is 1. The monoisotopic (exact) mass is 452 g/mol. The van der Waals surface area contributed by atoms with Gasteiger partial charge in [0.2, 0.25) is 0 Å². The predicted molar refractivity (Wildman–Crippen MR) is 106 cm³/mol. The molecule has 0 saturated carbocycles. The van der Waals surface area contributed by atoms with E-state index in [-0.39, 0.29) is 5.91 Å². The third-order valence-corrected chi connectivity index (χ3v) is 6.27. The Kier molecular flexibility index (Phi) is 5.05. The number of nitrogens with one attached hydrogen (secondary N) is 1. The van der Waals surface area contributed by atoms with E-state index < -0.39 is 0 Å². The maximum absolute atomic E-state index is 12.6. The maximum atomic E-state index is 12.6. The SMILES string of the molecule is COc1ccc(CNC(=O)c2sc3nc(C)cc(C)c3c2I)cc1. The predicted octanol–water partition coefficient (Wildman–Crippen LogP) is 4.46. The summed E-state index contributed by atoms with van der Waals surface area (Å²) in [5.41, 5.74) is 3.17. The molecule has 0 aliphatic carbocycles. The van der Waals surface area contributed by atoms with Gasteiger partial charge in [-0.25, -0.2) is 4.98 Å². The Morgan fingerprint density at radius 2 is 2.00 bits per heavy atom. The van der Waals surface area contributed by atoms with E-state index in [1.807, 2.05) is 31.2 Å². The summed E-state index contributed by atoms with van der Waals surface area (Å²) in [6, 6.07) is 9.73. The van der Waals surface area contributed by atoms with Crippen molar-refractivity contribution in [1.82, 2.24) is 10.3 Å². The van der Waals surface area contributed by atoms with Crippen LogP contribution in [0.15, 0.2) is 30.3 Å². The lowest BCUT2D eigenvalue weighted by molar-refractivity contribution is 0.0954. The summed E-state index contributed by atoms with van der Waals surface area (Å²) in [6.45, 7) is 4.52. The van der Waals surface area contributed by atoms with Crippen molar-refractivity contribution in [2.45, 2.75) is 20.4 Å². The number of pyridine rings is 1. The van der Waals surface area contributed by atoms with Crippen LogP contribution in [-0.4, -0.2) is 18.0 Å². The number of thiophene rings is 1. The van der Waals surface area contributed by atoms with Crippen LogP contribution in [0, 0.1) is 17.4 Å². The molecule has 0 saturated heterocycles. The molecule has 6 heteroatoms. The van der Waals surface area contributed by atoms with Crippen molar-refractivity contribution in [3.63, 3.8) is 0 Å². The largest absolute Gasteiger partial charge is 0.497 e. The highest BCUT2D eigenvalue weighted by Gasteiger charge is 2.19. The number of amides is 1. The average molecular weight is 452 g/mol. The first-order chi connectivity index (χ1) is 11.5. The Hall–Kier alpha value is -1.67. The van der Waals surface area contributed by atoms with Gasteiger partial charge in [-0.3, -0.25) is 4.79 Å². The molecule has 0 fully saturated rings. The topological polar surface area (TPSA) is 51.2 Å². The van der Waals surface area contributed by atoms with Gasteiger partial charge in [0.15, 0.2) is 0 Å². The fraction of sp³-hybridized carbons (Fsp3) is 0.222. The summed E-state index contributed by atoms with van der Waals surface area (Å²) in [7, 11) is 1.64. The smallest absolute Gasteiger partial charge is 0.262 e. The Morgan fingerprint density at radius 1 is 1.29 bits per heavy atom. The van der Waals surface area contributed by atoms with Crippen LogP contribution in [0.25, 0.3) is 10.2 Å². The number of hydrogen-bond donors (Lipinski definition) is 1. The number of carbonyl (C=O) groups excluding carboxylic acids is 1. The van der Waals surface area contributed by atoms with E-state index in [2.05, 4.69) is 45.9 Å². The Balaban J connectivity index is 1.80. The number of benzene rings is 1. The van der Waals surface area contributed by atoms with E-state index in [1.165, 1.54) is 11.3 Å². The van der Waals surface area contributed by atoms with Crippen molar-refractivity contribution in [3.05, 3.63) is 55.6 Å². The second-order valence-corrected chi connectivity index (χ2v) is 7.61. The van der Waals surface area contributed by atoms with Gasteiger partial charge in [-0.15, -0.1) is 11.3 Å². The number of ether oxygens (including phenoxy) is 1. The molecule has 124 valence electrons. The molecule has 24 heavy (non-hydrogen) atoms. The van der Waals surface area contributed by atoms with Crippen molar-refractivity contribution in [2.75, 3.05) is 7.11 Å². The van der Waals surface area contributed by atoms with Gasteiger partial charge in [0.05, 0.1) is 7.11 Å². The molecule has 0 spiro atoms. The number of nitrogens with zero attached hydrogens (tertiary/aromatic N) is 1. The van der Waals surface area contributed by atoms with Gasteiger partial charge in [0.1, 0.15) is 15.5 Å². The zero-order valence-corrected chi connectivity index (χ0v) is 16.6. The standard InChI is InChI=1S/C18H17IN2O2S/c1-10-8-11(2)21-18-14(10)15(19)16(24-18)17(22)20-9-12-4-6-13(23-3)7-5-12/h4-8H,9H2,1-3H3,(H,20,22). The van der Waals surface area contributed by atoms with E-state index in [9.17, 15) is 4.79 Å². The molecular weight excluding hydrogens is 435 g/mol. The molecule has 3 rings (SSSR count). The molecule has 0 atom stereocenters. The lowest BCUT2D eigenvalue weighted by Gasteiger charge is -2.05. The molecule has 0 bridgehead atoms. The fourth-order valence-corrected chi connectivity index (χ4v) is 5.09. The van der Waals surface area contributed by atoms with Crippen molar-refractivity contribution >= 4 is 50.1 Å². The van der Waals surface area contributed by atoms with E-state index in [1.54, 1.807) is 7.11 Å². The number of methoxy groups -OCH3 is 1. The average Bonchev–Trinajstić information content (AvgIpc) is 2.90. The van der Waals surface area contributed by atoms with Crippen LogP contribution in [0.1, 0.15) is 26.5 Å². The van der Waals surface area contributed by atoms with Crippen LogP contribution in [0.2, 0.25) is 0 Å². The van der Waals surface area contributed by atoms with Crippen LogP contribution in [0.3, 0.4) is 0 Å². The molecular formula is C18H17IN2O2S. The zero-order valence-electron chi connectivity index (χ0n) is 13.6. The second kappa shape index (κ2) is 7.06. The Labute approximate surface area is 158 Å². The van der Waals surface area contributed by atoms with Gasteiger partial charge >= 0.3 is 0 Å². The van der Waals surface area contributed by atoms with E-state index >= 15 is 0 Å². The minimum Gasteiger partial charge on any atom is -0.497 e. The lowest BCUT2D eigenvalue weighted by atomic mass is 10.2. The van der Waals surface area contributed by atoms with E-state index in [0.29, 0.717) is 6.54 Å². The molecule has 2 aromatic heterocycles. The number of aromatic nitrogens is 1.